The van der Waals surface area contributed by atoms with Gasteiger partial charge in [-0.05, 0) is 67.8 Å². The molecule has 3 amide bonds. The van der Waals surface area contributed by atoms with Crippen molar-refractivity contribution < 1.29 is 23.9 Å². The summed E-state index contributed by atoms with van der Waals surface area (Å²) in [5, 5.41) is 0. The number of aryl methyl sites for hydroxylation is 1. The molecular weight excluding hydrogens is 660 g/mol. The number of imide groups is 1. The quantitative estimate of drug-likeness (QED) is 0.193. The fraction of sp³-hybridized carbons (Fsp3) is 0.385. The molecule has 0 N–H and O–H groups in total. The van der Waals surface area contributed by atoms with Gasteiger partial charge in [0.2, 0.25) is 17.7 Å². The standard InChI is InChI=1S/C26H23Br3N2O5/c1-13-8-17(36-26(35)14-9-23(32)30(12-14)16-4-2-15(27)3-5-16)6-7-22(13)31-24(33)18-10-20(28)21(29)11-19(18)25(31)34/h2-8,14,18-21H,9-12H2,1H3/t14-,18-,19+,20+,21+/m1/s1. The molecule has 3 aliphatic rings. The Labute approximate surface area is 233 Å². The van der Waals surface area contributed by atoms with Gasteiger partial charge in [0.1, 0.15) is 5.75 Å². The molecular formula is C26H23Br3N2O5. The lowest BCUT2D eigenvalue weighted by Crippen LogP contribution is -2.34. The highest BCUT2D eigenvalue weighted by Crippen LogP contribution is 2.45. The van der Waals surface area contributed by atoms with Crippen molar-refractivity contribution in [3.8, 4) is 5.75 Å². The Morgan fingerprint density at radius 1 is 0.944 bits per heavy atom. The molecule has 0 spiro atoms. The van der Waals surface area contributed by atoms with Crippen molar-refractivity contribution in [2.24, 2.45) is 17.8 Å². The van der Waals surface area contributed by atoms with Crippen LogP contribution in [0.3, 0.4) is 0 Å². The van der Waals surface area contributed by atoms with Crippen LogP contribution >= 0.6 is 47.8 Å². The highest BCUT2D eigenvalue weighted by molar-refractivity contribution is 9.12. The lowest BCUT2D eigenvalue weighted by Gasteiger charge is -2.29. The minimum absolute atomic E-state index is 0.0780. The second kappa shape index (κ2) is 10.0. The molecule has 1 aliphatic carbocycles. The number of amides is 3. The van der Waals surface area contributed by atoms with Crippen LogP contribution in [-0.2, 0) is 19.2 Å². The van der Waals surface area contributed by atoms with Crippen LogP contribution in [0.1, 0.15) is 24.8 Å². The predicted molar refractivity (Wildman–Crippen MR) is 146 cm³/mol. The van der Waals surface area contributed by atoms with Gasteiger partial charge in [-0.2, -0.15) is 0 Å². The molecule has 0 bridgehead atoms. The molecule has 5 rings (SSSR count). The van der Waals surface area contributed by atoms with Crippen LogP contribution < -0.4 is 14.5 Å². The molecule has 5 atom stereocenters. The number of carbonyl (C=O) groups is 4. The van der Waals surface area contributed by atoms with Crippen molar-refractivity contribution in [1.29, 1.82) is 0 Å². The predicted octanol–water partition coefficient (Wildman–Crippen LogP) is 5.14. The Bertz CT molecular complexity index is 1220. The minimum atomic E-state index is -0.583. The van der Waals surface area contributed by atoms with E-state index >= 15 is 0 Å². The van der Waals surface area contributed by atoms with E-state index in [0.717, 1.165) is 10.2 Å². The smallest absolute Gasteiger partial charge is 0.316 e. The zero-order valence-corrected chi connectivity index (χ0v) is 24.1. The van der Waals surface area contributed by atoms with Crippen LogP contribution in [0.4, 0.5) is 11.4 Å². The lowest BCUT2D eigenvalue weighted by molar-refractivity contribution is -0.139. The minimum Gasteiger partial charge on any atom is -0.426 e. The first-order valence-corrected chi connectivity index (χ1v) is 14.3. The molecule has 10 heteroatoms. The van der Waals surface area contributed by atoms with Gasteiger partial charge in [-0.3, -0.25) is 19.2 Å². The van der Waals surface area contributed by atoms with E-state index in [2.05, 4.69) is 47.8 Å². The van der Waals surface area contributed by atoms with E-state index in [1.54, 1.807) is 30.0 Å². The van der Waals surface area contributed by atoms with Crippen LogP contribution in [0, 0.1) is 24.7 Å². The number of ether oxygens (including phenoxy) is 1. The van der Waals surface area contributed by atoms with E-state index in [1.807, 2.05) is 24.3 Å². The normalized spacial score (nSPS) is 28.0. The molecule has 2 aliphatic heterocycles. The number of hydrogen-bond acceptors (Lipinski definition) is 5. The van der Waals surface area contributed by atoms with Crippen LogP contribution in [0.5, 0.6) is 5.75 Å². The molecule has 7 nitrogen and oxygen atoms in total. The second-order valence-electron chi connectivity index (χ2n) is 9.48. The van der Waals surface area contributed by atoms with Gasteiger partial charge in [-0.15, -0.1) is 0 Å². The first kappa shape index (κ1) is 25.6. The molecule has 1 saturated carbocycles. The zero-order chi connectivity index (χ0) is 25.7. The number of benzene rings is 2. The van der Waals surface area contributed by atoms with Crippen molar-refractivity contribution >= 4 is 82.9 Å². The maximum Gasteiger partial charge on any atom is 0.316 e. The summed E-state index contributed by atoms with van der Waals surface area (Å²) in [6, 6.07) is 12.2. The van der Waals surface area contributed by atoms with Crippen molar-refractivity contribution in [3.63, 3.8) is 0 Å². The Balaban J connectivity index is 1.28. The second-order valence-corrected chi connectivity index (χ2v) is 12.7. The van der Waals surface area contributed by atoms with Crippen LogP contribution in [0.2, 0.25) is 0 Å². The summed E-state index contributed by atoms with van der Waals surface area (Å²) in [7, 11) is 0. The van der Waals surface area contributed by atoms with Crippen LogP contribution in [0.15, 0.2) is 46.9 Å². The van der Waals surface area contributed by atoms with Crippen molar-refractivity contribution in [2.75, 3.05) is 16.3 Å². The summed E-state index contributed by atoms with van der Waals surface area (Å²) in [6.07, 6.45) is 1.29. The highest BCUT2D eigenvalue weighted by atomic mass is 79.9. The molecule has 0 radical (unpaired) electrons. The summed E-state index contributed by atoms with van der Waals surface area (Å²) < 4.78 is 6.50. The van der Waals surface area contributed by atoms with Crippen molar-refractivity contribution in [1.82, 2.24) is 0 Å². The van der Waals surface area contributed by atoms with Gasteiger partial charge in [0, 0.05) is 32.8 Å². The number of halogens is 3. The van der Waals surface area contributed by atoms with Gasteiger partial charge in [-0.25, -0.2) is 4.90 Å². The van der Waals surface area contributed by atoms with Crippen LogP contribution in [-0.4, -0.2) is 39.9 Å². The fourth-order valence-corrected chi connectivity index (χ4v) is 6.71. The number of anilines is 2. The summed E-state index contributed by atoms with van der Waals surface area (Å²) >= 11 is 10.6. The fourth-order valence-electron chi connectivity index (χ4n) is 5.21. The molecule has 2 aromatic rings. The molecule has 2 aromatic carbocycles. The van der Waals surface area contributed by atoms with Gasteiger partial charge in [-0.1, -0.05) is 47.8 Å². The summed E-state index contributed by atoms with van der Waals surface area (Å²) in [5.41, 5.74) is 1.90. The maximum atomic E-state index is 13.1. The van der Waals surface area contributed by atoms with Crippen LogP contribution in [0.25, 0.3) is 0 Å². The third-order valence-corrected chi connectivity index (χ3v) is 10.4. The Kier molecular flexibility index (Phi) is 7.13. The largest absolute Gasteiger partial charge is 0.426 e. The van der Waals surface area contributed by atoms with Gasteiger partial charge in [0.25, 0.3) is 0 Å². The van der Waals surface area contributed by atoms with E-state index in [0.29, 0.717) is 29.8 Å². The molecule has 2 saturated heterocycles. The van der Waals surface area contributed by atoms with Gasteiger partial charge in [0.05, 0.1) is 23.4 Å². The number of esters is 1. The summed E-state index contributed by atoms with van der Waals surface area (Å²) in [4.78, 5) is 54.8. The first-order valence-electron chi connectivity index (χ1n) is 11.7. The molecule has 0 aromatic heterocycles. The Morgan fingerprint density at radius 3 is 2.14 bits per heavy atom. The molecule has 3 fully saturated rings. The third-order valence-electron chi connectivity index (χ3n) is 7.14. The molecule has 36 heavy (non-hydrogen) atoms. The number of carbonyl (C=O) groups excluding carboxylic acids is 4. The third kappa shape index (κ3) is 4.67. The molecule has 2 heterocycles. The highest BCUT2D eigenvalue weighted by Gasteiger charge is 2.52. The van der Waals surface area contributed by atoms with E-state index in [4.69, 9.17) is 4.74 Å². The average Bonchev–Trinajstić information content (AvgIpc) is 3.33. The summed E-state index contributed by atoms with van der Waals surface area (Å²) in [6.45, 7) is 2.03. The van der Waals surface area contributed by atoms with Gasteiger partial charge < -0.3 is 9.64 Å². The molecule has 188 valence electrons. The van der Waals surface area contributed by atoms with Gasteiger partial charge >= 0.3 is 5.97 Å². The van der Waals surface area contributed by atoms with E-state index in [-0.39, 0.29) is 52.2 Å². The van der Waals surface area contributed by atoms with Gasteiger partial charge in [0.15, 0.2) is 0 Å². The van der Waals surface area contributed by atoms with Crippen molar-refractivity contribution in [3.05, 3.63) is 52.5 Å². The average molecular weight is 683 g/mol. The van der Waals surface area contributed by atoms with E-state index < -0.39 is 11.9 Å². The Morgan fingerprint density at radius 2 is 1.56 bits per heavy atom. The topological polar surface area (TPSA) is 84.0 Å². The van der Waals surface area contributed by atoms with E-state index in [1.165, 1.54) is 4.90 Å². The first-order chi connectivity index (χ1) is 17.1. The SMILES string of the molecule is Cc1cc(OC(=O)[C@@H]2CC(=O)N(c3ccc(Br)cc3)C2)ccc1N1C(=O)[C@H]2C[C@H](Br)[C@@H](Br)C[C@H]2C1=O. The lowest BCUT2D eigenvalue weighted by atomic mass is 9.81. The molecule has 0 unspecified atom stereocenters. The van der Waals surface area contributed by atoms with E-state index in [9.17, 15) is 19.2 Å². The zero-order valence-electron chi connectivity index (χ0n) is 19.3. The Hall–Kier alpha value is -2.04. The maximum absolute atomic E-state index is 13.1. The van der Waals surface area contributed by atoms with Crippen molar-refractivity contribution in [2.45, 2.75) is 35.8 Å². The monoisotopic (exact) mass is 680 g/mol. The summed E-state index contributed by atoms with van der Waals surface area (Å²) in [5.74, 6) is -1.91. The number of hydrogen-bond donors (Lipinski definition) is 0. The number of rotatable bonds is 4. The number of nitrogens with zero attached hydrogens (tertiary/aromatic N) is 2. The number of alkyl halides is 2. The number of fused-ring (bicyclic) bond motifs is 1.